The number of H-pyrrole nitrogens is 1. The van der Waals surface area contributed by atoms with Gasteiger partial charge in [-0.3, -0.25) is 4.98 Å². The molecule has 2 aromatic heterocycles. The van der Waals surface area contributed by atoms with Gasteiger partial charge in [-0.25, -0.2) is 0 Å². The summed E-state index contributed by atoms with van der Waals surface area (Å²) >= 11 is 0. The average molecular weight is 226 g/mol. The van der Waals surface area contributed by atoms with Crippen molar-refractivity contribution in [1.82, 2.24) is 9.97 Å². The van der Waals surface area contributed by atoms with Crippen molar-refractivity contribution in [2.75, 3.05) is 0 Å². The first-order valence-electron chi connectivity index (χ1n) is 5.65. The average Bonchev–Trinajstić information content (AvgIpc) is 2.65. The Morgan fingerprint density at radius 2 is 1.88 bits per heavy atom. The largest absolute Gasteiger partial charge is 0.384 e. The molecule has 2 heterocycles. The van der Waals surface area contributed by atoms with Crippen LogP contribution >= 0.6 is 0 Å². The van der Waals surface area contributed by atoms with Crippen molar-refractivity contribution >= 4 is 21.8 Å². The van der Waals surface area contributed by atoms with Crippen molar-refractivity contribution in [1.29, 1.82) is 0 Å². The minimum absolute atomic E-state index is 0.690. The van der Waals surface area contributed by atoms with Crippen LogP contribution in [0.5, 0.6) is 0 Å². The lowest BCUT2D eigenvalue weighted by atomic mass is 10.0. The Morgan fingerprint density at radius 3 is 2.65 bits per heavy atom. The molecule has 1 aromatic carbocycles. The molecule has 3 nitrogen and oxygen atoms in total. The Morgan fingerprint density at radius 1 is 1.12 bits per heavy atom. The van der Waals surface area contributed by atoms with Crippen LogP contribution in [0.3, 0.4) is 0 Å². The molecule has 0 aliphatic rings. The normalized spacial score (nSPS) is 12.4. The number of aliphatic hydroxyl groups is 1. The third-order valence-electron chi connectivity index (χ3n) is 3.02. The van der Waals surface area contributed by atoms with E-state index in [0.717, 1.165) is 21.8 Å². The molecule has 2 N–H and O–H groups in total. The number of hydrogen-bond acceptors (Lipinski definition) is 2. The topological polar surface area (TPSA) is 48.9 Å². The lowest BCUT2D eigenvalue weighted by Crippen LogP contribution is -2.17. The van der Waals surface area contributed by atoms with Crippen LogP contribution in [0.1, 0.15) is 19.5 Å². The minimum atomic E-state index is -0.910. The molecule has 3 rings (SSSR count). The first kappa shape index (κ1) is 10.3. The molecule has 3 aromatic rings. The van der Waals surface area contributed by atoms with Crippen molar-refractivity contribution in [2.24, 2.45) is 0 Å². The van der Waals surface area contributed by atoms with Crippen LogP contribution in [0.4, 0.5) is 0 Å². The number of nitrogens with one attached hydrogen (secondary N) is 1. The zero-order valence-corrected chi connectivity index (χ0v) is 9.86. The predicted octanol–water partition coefficient (Wildman–Crippen LogP) is 2.94. The highest BCUT2D eigenvalue weighted by atomic mass is 16.3. The number of para-hydroxylation sites is 1. The Kier molecular flexibility index (Phi) is 2.00. The Hall–Kier alpha value is -1.87. The van der Waals surface area contributed by atoms with Gasteiger partial charge in [0.15, 0.2) is 0 Å². The van der Waals surface area contributed by atoms with E-state index in [9.17, 15) is 5.11 Å². The minimum Gasteiger partial charge on any atom is -0.384 e. The number of hydrogen-bond donors (Lipinski definition) is 2. The van der Waals surface area contributed by atoms with Crippen LogP contribution in [0.2, 0.25) is 0 Å². The van der Waals surface area contributed by atoms with Crippen molar-refractivity contribution in [3.05, 3.63) is 42.2 Å². The first-order chi connectivity index (χ1) is 8.05. The number of benzene rings is 1. The fourth-order valence-corrected chi connectivity index (χ4v) is 2.08. The van der Waals surface area contributed by atoms with Gasteiger partial charge in [0.2, 0.25) is 0 Å². The molecule has 0 amide bonds. The van der Waals surface area contributed by atoms with Crippen LogP contribution in [-0.4, -0.2) is 15.1 Å². The molecule has 0 atom stereocenters. The maximum Gasteiger partial charge on any atom is 0.101 e. The van der Waals surface area contributed by atoms with E-state index < -0.39 is 5.60 Å². The van der Waals surface area contributed by atoms with Gasteiger partial charge in [0, 0.05) is 16.3 Å². The van der Waals surface area contributed by atoms with E-state index in [0.29, 0.717) is 5.69 Å². The van der Waals surface area contributed by atoms with Gasteiger partial charge in [-0.05, 0) is 26.0 Å². The van der Waals surface area contributed by atoms with Crippen LogP contribution in [0, 0.1) is 0 Å². The summed E-state index contributed by atoms with van der Waals surface area (Å²) in [6.45, 7) is 3.49. The molecule has 86 valence electrons. The second-order valence-electron chi connectivity index (χ2n) is 4.84. The first-order valence-corrected chi connectivity index (χ1v) is 5.65. The summed E-state index contributed by atoms with van der Waals surface area (Å²) in [5.74, 6) is 0. The number of rotatable bonds is 1. The molecule has 3 heteroatoms. The van der Waals surface area contributed by atoms with Gasteiger partial charge in [0.25, 0.3) is 0 Å². The smallest absolute Gasteiger partial charge is 0.101 e. The summed E-state index contributed by atoms with van der Waals surface area (Å²) in [7, 11) is 0. The second kappa shape index (κ2) is 3.31. The highest BCUT2D eigenvalue weighted by molar-refractivity contribution is 6.06. The lowest BCUT2D eigenvalue weighted by molar-refractivity contribution is 0.0740. The number of aromatic amines is 1. The van der Waals surface area contributed by atoms with E-state index >= 15 is 0 Å². The predicted molar refractivity (Wildman–Crippen MR) is 68.8 cm³/mol. The molecule has 0 fully saturated rings. The molecule has 0 radical (unpaired) electrons. The van der Waals surface area contributed by atoms with E-state index in [2.05, 4.69) is 16.0 Å². The van der Waals surface area contributed by atoms with Gasteiger partial charge in [0.05, 0.1) is 17.4 Å². The van der Waals surface area contributed by atoms with Crippen LogP contribution in [-0.2, 0) is 5.60 Å². The molecular formula is C14H14N2O. The lowest BCUT2D eigenvalue weighted by Gasteiger charge is -2.16. The number of nitrogens with zero attached hydrogens (tertiary/aromatic N) is 1. The van der Waals surface area contributed by atoms with Crippen molar-refractivity contribution in [3.8, 4) is 0 Å². The molecule has 0 bridgehead atoms. The Balaban J connectivity index is 2.38. The van der Waals surface area contributed by atoms with Gasteiger partial charge in [-0.15, -0.1) is 0 Å². The zero-order chi connectivity index (χ0) is 12.0. The molecule has 0 aliphatic carbocycles. The van der Waals surface area contributed by atoms with Gasteiger partial charge < -0.3 is 10.1 Å². The maximum absolute atomic E-state index is 9.99. The summed E-state index contributed by atoms with van der Waals surface area (Å²) in [5.41, 5.74) is 1.87. The number of aromatic nitrogens is 2. The fourth-order valence-electron chi connectivity index (χ4n) is 2.08. The number of fused-ring (bicyclic) bond motifs is 3. The van der Waals surface area contributed by atoms with E-state index in [1.165, 1.54) is 0 Å². The van der Waals surface area contributed by atoms with Crippen LogP contribution in [0.25, 0.3) is 21.8 Å². The van der Waals surface area contributed by atoms with Crippen molar-refractivity contribution in [2.45, 2.75) is 19.4 Å². The third-order valence-corrected chi connectivity index (χ3v) is 3.02. The van der Waals surface area contributed by atoms with Gasteiger partial charge in [-0.2, -0.15) is 0 Å². The SMILES string of the molecule is CC(C)(O)c1cc2c(cn1)[nH]c1ccccc12. The third kappa shape index (κ3) is 1.59. The Bertz CT molecular complexity index is 692. The maximum atomic E-state index is 9.99. The molecule has 0 unspecified atom stereocenters. The van der Waals surface area contributed by atoms with Crippen LogP contribution < -0.4 is 0 Å². The summed E-state index contributed by atoms with van der Waals surface area (Å²) in [5, 5.41) is 12.3. The summed E-state index contributed by atoms with van der Waals surface area (Å²) in [6, 6.07) is 10.1. The summed E-state index contributed by atoms with van der Waals surface area (Å²) in [4.78, 5) is 7.60. The highest BCUT2D eigenvalue weighted by Crippen LogP contribution is 2.27. The van der Waals surface area contributed by atoms with Crippen molar-refractivity contribution in [3.63, 3.8) is 0 Å². The van der Waals surface area contributed by atoms with E-state index in [4.69, 9.17) is 0 Å². The fraction of sp³-hybridized carbons (Fsp3) is 0.214. The Labute approximate surface area is 99.1 Å². The summed E-state index contributed by atoms with van der Waals surface area (Å²) in [6.07, 6.45) is 1.78. The quantitative estimate of drug-likeness (QED) is 0.670. The van der Waals surface area contributed by atoms with E-state index in [1.54, 1.807) is 20.0 Å². The molecular weight excluding hydrogens is 212 g/mol. The highest BCUT2D eigenvalue weighted by Gasteiger charge is 2.18. The van der Waals surface area contributed by atoms with Gasteiger partial charge in [0.1, 0.15) is 5.60 Å². The second-order valence-corrected chi connectivity index (χ2v) is 4.84. The zero-order valence-electron chi connectivity index (χ0n) is 9.86. The van der Waals surface area contributed by atoms with E-state index in [1.807, 2.05) is 24.3 Å². The van der Waals surface area contributed by atoms with Gasteiger partial charge >= 0.3 is 0 Å². The molecule has 0 aliphatic heterocycles. The standard InChI is InChI=1S/C14H14N2O/c1-14(2,17)13-7-10-9-5-3-4-6-11(9)16-12(10)8-15-13/h3-8,16-17H,1-2H3. The molecule has 0 saturated carbocycles. The monoisotopic (exact) mass is 226 g/mol. The molecule has 17 heavy (non-hydrogen) atoms. The number of pyridine rings is 1. The van der Waals surface area contributed by atoms with Crippen molar-refractivity contribution < 1.29 is 5.11 Å². The van der Waals surface area contributed by atoms with Gasteiger partial charge in [-0.1, -0.05) is 18.2 Å². The molecule has 0 saturated heterocycles. The van der Waals surface area contributed by atoms with E-state index in [-0.39, 0.29) is 0 Å². The van der Waals surface area contributed by atoms with Crippen LogP contribution in [0.15, 0.2) is 36.5 Å². The summed E-state index contributed by atoms with van der Waals surface area (Å²) < 4.78 is 0. The molecule has 0 spiro atoms.